The van der Waals surface area contributed by atoms with Gasteiger partial charge in [-0.2, -0.15) is 0 Å². The van der Waals surface area contributed by atoms with Gasteiger partial charge in [0.15, 0.2) is 0 Å². The predicted octanol–water partition coefficient (Wildman–Crippen LogP) is 0.174. The van der Waals surface area contributed by atoms with Crippen molar-refractivity contribution in [2.45, 2.75) is 57.8 Å². The van der Waals surface area contributed by atoms with Crippen LogP contribution in [0.2, 0.25) is 0 Å². The fourth-order valence-corrected chi connectivity index (χ4v) is 5.19. The lowest BCUT2D eigenvalue weighted by Crippen LogP contribution is -2.49. The van der Waals surface area contributed by atoms with E-state index in [0.29, 0.717) is 28.1 Å². The van der Waals surface area contributed by atoms with Crippen molar-refractivity contribution in [3.05, 3.63) is 102 Å². The molecule has 0 aliphatic carbocycles. The Morgan fingerprint density at radius 2 is 1.45 bits per heavy atom. The minimum Gasteiger partial charge on any atom is -0.550 e. The van der Waals surface area contributed by atoms with Crippen LogP contribution < -0.4 is 44.6 Å². The number of carboxylic acid groups (broad SMARTS) is 1. The molecule has 0 fully saturated rings. The summed E-state index contributed by atoms with van der Waals surface area (Å²) in [5.74, 6) is 2.49. The molecule has 0 bridgehead atoms. The highest BCUT2D eigenvalue weighted by Gasteiger charge is 2.30. The van der Waals surface area contributed by atoms with E-state index in [1.807, 2.05) is 66.9 Å². The zero-order valence-corrected chi connectivity index (χ0v) is 28.7. The molecule has 0 aliphatic heterocycles. The van der Waals surface area contributed by atoms with Crippen molar-refractivity contribution >= 4 is 29.4 Å². The van der Waals surface area contributed by atoms with Crippen LogP contribution in [0, 0.1) is 5.82 Å². The van der Waals surface area contributed by atoms with Crippen molar-refractivity contribution in [3.63, 3.8) is 0 Å². The van der Waals surface area contributed by atoms with E-state index in [1.165, 1.54) is 12.1 Å². The van der Waals surface area contributed by atoms with Crippen LogP contribution in [0.25, 0.3) is 22.4 Å². The van der Waals surface area contributed by atoms with Crippen molar-refractivity contribution in [2.75, 3.05) is 11.9 Å². The summed E-state index contributed by atoms with van der Waals surface area (Å²) in [6.07, 6.45) is -2.77. The van der Waals surface area contributed by atoms with Gasteiger partial charge in [0.25, 0.3) is 11.7 Å². The second-order valence-corrected chi connectivity index (χ2v) is 11.7. The number of nitrogens with one attached hydrogen (secondary N) is 1. The lowest BCUT2D eigenvalue weighted by molar-refractivity contribution is -0.307. The number of halogens is 1. The number of aromatic nitrogens is 1. The number of hydrogen-bond acceptors (Lipinski definition) is 8. The molecule has 1 aromatic heterocycles. The number of anilines is 1. The molecule has 2 atom stereocenters. The summed E-state index contributed by atoms with van der Waals surface area (Å²) in [6, 6.07) is 24.7. The van der Waals surface area contributed by atoms with Crippen LogP contribution in [0.1, 0.15) is 55.1 Å². The highest BCUT2D eigenvalue weighted by Crippen LogP contribution is 2.42. The van der Waals surface area contributed by atoms with E-state index < -0.39 is 30.4 Å². The van der Waals surface area contributed by atoms with E-state index >= 15 is 0 Å². The number of aliphatic hydroxyl groups excluding tert-OH is 2. The Hall–Kier alpha value is -5.77. The number of amides is 1. The molecular weight excluding hydrogens is 657 g/mol. The molecule has 15 N–H and O–H groups in total. The fraction of sp³-hybridized carbons (Fsp3) is 0.278. The van der Waals surface area contributed by atoms with Gasteiger partial charge in [0, 0.05) is 35.9 Å². The minimum absolute atomic E-state index is 0.0926. The van der Waals surface area contributed by atoms with Crippen LogP contribution in [0.15, 0.2) is 90.0 Å². The van der Waals surface area contributed by atoms with Gasteiger partial charge in [-0.25, -0.2) is 4.39 Å². The zero-order valence-electron chi connectivity index (χ0n) is 28.7. The van der Waals surface area contributed by atoms with Crippen LogP contribution in [-0.4, -0.2) is 57.2 Å². The third-order valence-corrected chi connectivity index (χ3v) is 7.31. The van der Waals surface area contributed by atoms with Crippen molar-refractivity contribution in [1.29, 1.82) is 0 Å². The second kappa shape index (κ2) is 20.7. The molecule has 3 aromatic carbocycles. The first-order valence-electron chi connectivity index (χ1n) is 16.1. The van der Waals surface area contributed by atoms with Gasteiger partial charge >= 0.3 is 0 Å². The van der Waals surface area contributed by atoms with E-state index in [-0.39, 0.29) is 49.6 Å². The Morgan fingerprint density at radius 1 is 0.922 bits per heavy atom. The average Bonchev–Trinajstić information content (AvgIpc) is 3.44. The smallest absolute Gasteiger partial charge is 0.258 e. The van der Waals surface area contributed by atoms with Gasteiger partial charge in [-0.3, -0.25) is 15.9 Å². The standard InChI is InChI=1S/C33H35FN2O5.C2H7N3.CH6N4/c1-21(2)31-30(33(41)35-25-11-7-4-8-12-25)29(22-9-5-3-6-10-22)32(23-13-15-24(34)16-14-23)36(31)18-17-26(37)19-27(38)20-28(39)40;3-1-2(4)5;2-1(3)5-4/h3-16,21,26-27,37-38H,17-20H2,1-2H3,(H,35,41)(H,39,40);1,3H2,(H3,4,5);4H2,(H4,2,3,5)/t26-,27-;;/m1../s1. The van der Waals surface area contributed by atoms with Crippen LogP contribution >= 0.6 is 0 Å². The number of hydrogen-bond donors (Lipinski definition) is 9. The number of aliphatic hydroxyl groups is 2. The van der Waals surface area contributed by atoms with Crippen molar-refractivity contribution < 1.29 is 34.7 Å². The number of hydrazone groups is 1. The van der Waals surface area contributed by atoms with E-state index in [1.54, 1.807) is 24.3 Å². The number of carbonyl (C=O) groups excluding carboxylic acids is 2. The molecule has 0 saturated carbocycles. The van der Waals surface area contributed by atoms with Gasteiger partial charge in [-0.05, 0) is 66.3 Å². The number of para-hydroxylation sites is 1. The van der Waals surface area contributed by atoms with Crippen LogP contribution in [0.5, 0.6) is 0 Å². The minimum atomic E-state index is -1.39. The molecule has 0 spiro atoms. The summed E-state index contributed by atoms with van der Waals surface area (Å²) < 4.78 is 16.0. The third-order valence-electron chi connectivity index (χ3n) is 7.31. The fourth-order valence-electron chi connectivity index (χ4n) is 5.19. The average molecular weight is 706 g/mol. The van der Waals surface area contributed by atoms with Crippen molar-refractivity contribution in [3.8, 4) is 22.4 Å². The molecule has 4 rings (SSSR count). The Morgan fingerprint density at radius 3 is 1.92 bits per heavy atom. The van der Waals surface area contributed by atoms with Crippen LogP contribution in [0.4, 0.5) is 10.1 Å². The predicted molar refractivity (Wildman–Crippen MR) is 195 cm³/mol. The lowest BCUT2D eigenvalue weighted by atomic mass is 9.94. The highest BCUT2D eigenvalue weighted by atomic mass is 19.1. The number of amidine groups is 1. The number of guanidine groups is 1. The van der Waals surface area contributed by atoms with Crippen molar-refractivity contribution in [1.82, 2.24) is 4.57 Å². The summed E-state index contributed by atoms with van der Waals surface area (Å²) in [5, 5.41) is 42.3. The number of carbonyl (C=O) groups is 2. The SMILES string of the molecule is CC(C)c1c(C(=O)Nc2ccccc2)c(-c2ccccc2)c(-c2ccc(F)cc2)n1CC[C@@H](O)C[C@@H](O)CC(=O)[O-].NCC(N)=[NH2+].NN=C(N)N. The molecule has 1 heterocycles. The second-order valence-electron chi connectivity index (χ2n) is 11.7. The first-order chi connectivity index (χ1) is 24.2. The van der Waals surface area contributed by atoms with E-state index in [0.717, 1.165) is 11.3 Å². The zero-order chi connectivity index (χ0) is 38.1. The maximum absolute atomic E-state index is 14.0. The quantitative estimate of drug-likeness (QED) is 0.0393. The molecule has 4 aromatic rings. The molecule has 0 saturated heterocycles. The Bertz CT molecular complexity index is 1730. The number of carboxylic acids is 1. The Labute approximate surface area is 296 Å². The van der Waals surface area contributed by atoms with Gasteiger partial charge in [0.05, 0.1) is 30.0 Å². The number of aliphatic carboxylic acids is 1. The first-order valence-corrected chi connectivity index (χ1v) is 16.1. The Balaban J connectivity index is 0.000000793. The summed E-state index contributed by atoms with van der Waals surface area (Å²) in [5.41, 5.74) is 23.9. The van der Waals surface area contributed by atoms with Gasteiger partial charge in [0.2, 0.25) is 5.96 Å². The van der Waals surface area contributed by atoms with Gasteiger partial charge in [-0.1, -0.05) is 62.4 Å². The molecule has 0 radical (unpaired) electrons. The molecule has 0 unspecified atom stereocenters. The first kappa shape index (κ1) is 41.4. The topological polar surface area (TPSA) is 283 Å². The van der Waals surface area contributed by atoms with Gasteiger partial charge < -0.3 is 53.0 Å². The third kappa shape index (κ3) is 13.2. The Kier molecular flexibility index (Phi) is 16.8. The molecule has 0 aliphatic rings. The lowest BCUT2D eigenvalue weighted by Gasteiger charge is -2.20. The van der Waals surface area contributed by atoms with Crippen LogP contribution in [-0.2, 0) is 11.3 Å². The largest absolute Gasteiger partial charge is 0.550 e. The van der Waals surface area contributed by atoms with E-state index in [4.69, 9.17) is 28.3 Å². The maximum atomic E-state index is 14.0. The monoisotopic (exact) mass is 705 g/mol. The van der Waals surface area contributed by atoms with Crippen molar-refractivity contribution in [2.24, 2.45) is 33.9 Å². The number of nitrogens with two attached hydrogens (primary N) is 6. The number of rotatable bonds is 13. The summed E-state index contributed by atoms with van der Waals surface area (Å²) in [6.45, 7) is 4.50. The number of benzene rings is 3. The molecule has 15 heteroatoms. The summed E-state index contributed by atoms with van der Waals surface area (Å²) in [4.78, 5) is 24.9. The molecule has 51 heavy (non-hydrogen) atoms. The van der Waals surface area contributed by atoms with Gasteiger partial charge in [0.1, 0.15) is 5.82 Å². The number of nitrogens with zero attached hydrogens (tertiary/aromatic N) is 2. The molecule has 14 nitrogen and oxygen atoms in total. The molecular formula is C36H48FN9O5. The summed E-state index contributed by atoms with van der Waals surface area (Å²) in [7, 11) is 0. The van der Waals surface area contributed by atoms with Crippen LogP contribution in [0.3, 0.4) is 0 Å². The molecule has 1 amide bonds. The molecule has 274 valence electrons. The van der Waals surface area contributed by atoms with Gasteiger partial charge in [-0.15, -0.1) is 5.10 Å². The maximum Gasteiger partial charge on any atom is 0.258 e. The highest BCUT2D eigenvalue weighted by molar-refractivity contribution is 6.12. The summed E-state index contributed by atoms with van der Waals surface area (Å²) >= 11 is 0. The van der Waals surface area contributed by atoms with E-state index in [9.17, 15) is 29.3 Å². The normalized spacial score (nSPS) is 11.6. The van der Waals surface area contributed by atoms with E-state index in [2.05, 4.69) is 16.3 Å².